The third-order valence-corrected chi connectivity index (χ3v) is 5.55. The first-order chi connectivity index (χ1) is 9.26. The summed E-state index contributed by atoms with van der Waals surface area (Å²) in [7, 11) is -3.52. The van der Waals surface area contributed by atoms with Gasteiger partial charge in [0.05, 0.1) is 4.90 Å². The minimum Gasteiger partial charge on any atom is -0.384 e. The fraction of sp³-hybridized carbons (Fsp3) is 0.467. The summed E-state index contributed by atoms with van der Waals surface area (Å²) < 4.78 is 27.1. The van der Waals surface area contributed by atoms with E-state index in [1.54, 1.807) is 18.2 Å². The van der Waals surface area contributed by atoms with Gasteiger partial charge in [0, 0.05) is 24.3 Å². The summed E-state index contributed by atoms with van der Waals surface area (Å²) in [6.45, 7) is 10.5. The molecule has 0 amide bonds. The lowest BCUT2D eigenvalue weighted by molar-refractivity contribution is 0.270. The quantitative estimate of drug-likeness (QED) is 0.869. The van der Waals surface area contributed by atoms with Crippen molar-refractivity contribution >= 4 is 15.7 Å². The average molecular weight is 294 g/mol. The Bertz CT molecular complexity index is 615. The number of hydrogen-bond acceptors (Lipinski definition) is 3. The predicted octanol–water partition coefficient (Wildman–Crippen LogP) is 2.63. The molecule has 5 heteroatoms. The fourth-order valence-electron chi connectivity index (χ4n) is 2.41. The SMILES string of the molecule is C=CCN(C(C)(C)C)S(=O)(=O)c1ccc2c(c1)NCC2. The van der Waals surface area contributed by atoms with Crippen LogP contribution in [0.15, 0.2) is 35.7 Å². The number of hydrogen-bond donors (Lipinski definition) is 1. The third kappa shape index (κ3) is 2.74. The van der Waals surface area contributed by atoms with Gasteiger partial charge in [-0.1, -0.05) is 12.1 Å². The zero-order valence-corrected chi connectivity index (χ0v) is 13.1. The van der Waals surface area contributed by atoms with Gasteiger partial charge in [-0.05, 0) is 44.9 Å². The van der Waals surface area contributed by atoms with Crippen LogP contribution in [-0.4, -0.2) is 31.4 Å². The molecule has 0 spiro atoms. The molecule has 20 heavy (non-hydrogen) atoms. The highest BCUT2D eigenvalue weighted by Crippen LogP contribution is 2.29. The van der Waals surface area contributed by atoms with E-state index in [0.29, 0.717) is 11.4 Å². The Labute approximate surface area is 121 Å². The third-order valence-electron chi connectivity index (χ3n) is 3.42. The van der Waals surface area contributed by atoms with Crippen LogP contribution in [0.25, 0.3) is 0 Å². The molecule has 0 radical (unpaired) electrons. The van der Waals surface area contributed by atoms with Crippen molar-refractivity contribution in [3.05, 3.63) is 36.4 Å². The lowest BCUT2D eigenvalue weighted by atomic mass is 10.1. The second-order valence-corrected chi connectivity index (χ2v) is 7.85. The number of nitrogens with one attached hydrogen (secondary N) is 1. The Morgan fingerprint density at radius 3 is 2.70 bits per heavy atom. The lowest BCUT2D eigenvalue weighted by Gasteiger charge is -2.33. The highest BCUT2D eigenvalue weighted by atomic mass is 32.2. The molecule has 1 aliphatic rings. The molecule has 0 aliphatic carbocycles. The van der Waals surface area contributed by atoms with Gasteiger partial charge in [0.25, 0.3) is 0 Å². The molecule has 1 heterocycles. The molecule has 1 aliphatic heterocycles. The highest BCUT2D eigenvalue weighted by Gasteiger charge is 2.33. The number of anilines is 1. The van der Waals surface area contributed by atoms with Crippen LogP contribution >= 0.6 is 0 Å². The summed E-state index contributed by atoms with van der Waals surface area (Å²) in [5.41, 5.74) is 1.62. The van der Waals surface area contributed by atoms with E-state index < -0.39 is 15.6 Å². The van der Waals surface area contributed by atoms with Gasteiger partial charge in [-0.2, -0.15) is 4.31 Å². The second-order valence-electron chi connectivity index (χ2n) is 5.99. The summed E-state index contributed by atoms with van der Waals surface area (Å²) >= 11 is 0. The molecule has 0 aromatic heterocycles. The van der Waals surface area contributed by atoms with Crippen LogP contribution in [0.2, 0.25) is 0 Å². The van der Waals surface area contributed by atoms with Crippen LogP contribution in [0.5, 0.6) is 0 Å². The van der Waals surface area contributed by atoms with E-state index in [4.69, 9.17) is 0 Å². The second kappa shape index (κ2) is 5.22. The van der Waals surface area contributed by atoms with Crippen molar-refractivity contribution in [3.63, 3.8) is 0 Å². The molecule has 4 nitrogen and oxygen atoms in total. The molecule has 0 saturated heterocycles. The van der Waals surface area contributed by atoms with Crippen LogP contribution in [0, 0.1) is 0 Å². The molecule has 2 rings (SSSR count). The van der Waals surface area contributed by atoms with Gasteiger partial charge < -0.3 is 5.32 Å². The van der Waals surface area contributed by atoms with Crippen LogP contribution < -0.4 is 5.32 Å². The maximum absolute atomic E-state index is 12.8. The van der Waals surface area contributed by atoms with Crippen LogP contribution in [0.4, 0.5) is 5.69 Å². The van der Waals surface area contributed by atoms with Gasteiger partial charge in [-0.25, -0.2) is 8.42 Å². The van der Waals surface area contributed by atoms with Gasteiger partial charge in [-0.3, -0.25) is 0 Å². The molecule has 1 N–H and O–H groups in total. The van der Waals surface area contributed by atoms with Gasteiger partial charge in [0.2, 0.25) is 10.0 Å². The molecule has 110 valence electrons. The monoisotopic (exact) mass is 294 g/mol. The smallest absolute Gasteiger partial charge is 0.243 e. The molecule has 0 fully saturated rings. The minimum absolute atomic E-state index is 0.302. The molecule has 1 aromatic rings. The topological polar surface area (TPSA) is 49.4 Å². The largest absolute Gasteiger partial charge is 0.384 e. The molecule has 0 saturated carbocycles. The fourth-order valence-corrected chi connectivity index (χ4v) is 4.19. The first-order valence-electron chi connectivity index (χ1n) is 6.77. The maximum atomic E-state index is 12.8. The van der Waals surface area contributed by atoms with E-state index >= 15 is 0 Å². The molecule has 1 aromatic carbocycles. The van der Waals surface area contributed by atoms with Crippen molar-refractivity contribution in [2.24, 2.45) is 0 Å². The van der Waals surface area contributed by atoms with E-state index in [2.05, 4.69) is 11.9 Å². The highest BCUT2D eigenvalue weighted by molar-refractivity contribution is 7.89. The summed E-state index contributed by atoms with van der Waals surface area (Å²) in [6, 6.07) is 5.33. The van der Waals surface area contributed by atoms with E-state index in [9.17, 15) is 8.42 Å². The number of rotatable bonds is 4. The molecule has 0 bridgehead atoms. The molecular weight excluding hydrogens is 272 g/mol. The van der Waals surface area contributed by atoms with Crippen LogP contribution in [-0.2, 0) is 16.4 Å². The number of nitrogens with zero attached hydrogens (tertiary/aromatic N) is 1. The Morgan fingerprint density at radius 2 is 2.10 bits per heavy atom. The predicted molar refractivity (Wildman–Crippen MR) is 82.5 cm³/mol. The summed E-state index contributed by atoms with van der Waals surface area (Å²) in [4.78, 5) is 0.336. The standard InChI is InChI=1S/C15H22N2O2S/c1-5-10-17(15(2,3)4)20(18,19)13-7-6-12-8-9-16-14(12)11-13/h5-7,11,16H,1,8-10H2,2-4H3. The Kier molecular flexibility index (Phi) is 3.93. The van der Waals surface area contributed by atoms with Crippen molar-refractivity contribution in [1.29, 1.82) is 0 Å². The van der Waals surface area contributed by atoms with E-state index in [-0.39, 0.29) is 0 Å². The van der Waals surface area contributed by atoms with Crippen LogP contribution in [0.1, 0.15) is 26.3 Å². The Morgan fingerprint density at radius 1 is 1.40 bits per heavy atom. The van der Waals surface area contributed by atoms with Gasteiger partial charge in [0.15, 0.2) is 0 Å². The Hall–Kier alpha value is -1.33. The zero-order valence-electron chi connectivity index (χ0n) is 12.3. The molecule has 0 unspecified atom stereocenters. The first kappa shape index (κ1) is 15.1. The van der Waals surface area contributed by atoms with Crippen molar-refractivity contribution in [3.8, 4) is 0 Å². The molecular formula is C15H22N2O2S. The van der Waals surface area contributed by atoms with Crippen LogP contribution in [0.3, 0.4) is 0 Å². The minimum atomic E-state index is -3.52. The van der Waals surface area contributed by atoms with Gasteiger partial charge >= 0.3 is 0 Å². The number of benzene rings is 1. The summed E-state index contributed by atoms with van der Waals surface area (Å²) in [5, 5.41) is 3.22. The van der Waals surface area contributed by atoms with Crippen molar-refractivity contribution in [2.45, 2.75) is 37.6 Å². The van der Waals surface area contributed by atoms with Crippen molar-refractivity contribution in [2.75, 3.05) is 18.4 Å². The van der Waals surface area contributed by atoms with E-state index in [0.717, 1.165) is 18.7 Å². The van der Waals surface area contributed by atoms with E-state index in [1.165, 1.54) is 9.87 Å². The summed E-state index contributed by atoms with van der Waals surface area (Å²) in [6.07, 6.45) is 2.57. The Balaban J connectivity index is 2.45. The zero-order chi connectivity index (χ0) is 15.0. The van der Waals surface area contributed by atoms with Crippen molar-refractivity contribution < 1.29 is 8.42 Å². The maximum Gasteiger partial charge on any atom is 0.243 e. The normalized spacial score (nSPS) is 15.0. The number of fused-ring (bicyclic) bond motifs is 1. The van der Waals surface area contributed by atoms with Gasteiger partial charge in [-0.15, -0.1) is 6.58 Å². The lowest BCUT2D eigenvalue weighted by Crippen LogP contribution is -2.45. The van der Waals surface area contributed by atoms with Crippen molar-refractivity contribution in [1.82, 2.24) is 4.31 Å². The summed E-state index contributed by atoms with van der Waals surface area (Å²) in [5.74, 6) is 0. The van der Waals surface area contributed by atoms with Gasteiger partial charge in [0.1, 0.15) is 0 Å². The first-order valence-corrected chi connectivity index (χ1v) is 8.21. The average Bonchev–Trinajstić information content (AvgIpc) is 2.81. The number of sulfonamides is 1. The molecule has 0 atom stereocenters. The van der Waals surface area contributed by atoms with E-state index in [1.807, 2.05) is 26.8 Å².